The molecule has 1 unspecified atom stereocenters. The van der Waals surface area contributed by atoms with Gasteiger partial charge in [0.15, 0.2) is 0 Å². The van der Waals surface area contributed by atoms with Crippen molar-refractivity contribution in [2.24, 2.45) is 22.5 Å². The molecule has 112 valence electrons. The third-order valence-corrected chi connectivity index (χ3v) is 6.31. The Morgan fingerprint density at radius 1 is 1.11 bits per heavy atom. The van der Waals surface area contributed by atoms with E-state index < -0.39 is 0 Å². The zero-order valence-electron chi connectivity index (χ0n) is 13.8. The average molecular weight is 266 g/mol. The van der Waals surface area contributed by atoms with Crippen molar-refractivity contribution in [2.75, 3.05) is 19.6 Å². The fourth-order valence-electron chi connectivity index (χ4n) is 4.66. The summed E-state index contributed by atoms with van der Waals surface area (Å²) in [6, 6.07) is 0. The highest BCUT2D eigenvalue weighted by molar-refractivity contribution is 5.08. The second-order valence-corrected chi connectivity index (χ2v) is 8.60. The molecule has 2 fully saturated rings. The molecule has 0 amide bonds. The van der Waals surface area contributed by atoms with Crippen molar-refractivity contribution in [1.29, 1.82) is 0 Å². The molecule has 1 saturated carbocycles. The second kappa shape index (κ2) is 5.04. The Kier molecular flexibility index (Phi) is 4.06. The summed E-state index contributed by atoms with van der Waals surface area (Å²) in [5.41, 5.74) is 7.38. The maximum atomic E-state index is 6.25. The van der Waals surface area contributed by atoms with E-state index in [4.69, 9.17) is 5.73 Å². The monoisotopic (exact) mass is 266 g/mol. The average Bonchev–Trinajstić information content (AvgIpc) is 2.64. The normalized spacial score (nSPS) is 33.8. The van der Waals surface area contributed by atoms with Gasteiger partial charge < -0.3 is 5.73 Å². The van der Waals surface area contributed by atoms with Gasteiger partial charge in [-0.3, -0.25) is 4.90 Å². The van der Waals surface area contributed by atoms with E-state index in [1.807, 2.05) is 0 Å². The van der Waals surface area contributed by atoms with Gasteiger partial charge in [0.25, 0.3) is 0 Å². The Balaban J connectivity index is 2.08. The van der Waals surface area contributed by atoms with Crippen molar-refractivity contribution in [3.8, 4) is 0 Å². The molecule has 2 aliphatic rings. The van der Waals surface area contributed by atoms with E-state index in [0.29, 0.717) is 10.8 Å². The Labute approximate surface area is 120 Å². The molecular formula is C17H34N2. The minimum Gasteiger partial charge on any atom is -0.329 e. The molecule has 2 N–H and O–H groups in total. The van der Waals surface area contributed by atoms with Gasteiger partial charge >= 0.3 is 0 Å². The zero-order valence-corrected chi connectivity index (χ0v) is 13.8. The molecule has 0 radical (unpaired) electrons. The van der Waals surface area contributed by atoms with Gasteiger partial charge in [-0.25, -0.2) is 0 Å². The maximum Gasteiger partial charge on any atom is 0.0382 e. The van der Waals surface area contributed by atoms with E-state index in [0.717, 1.165) is 12.5 Å². The van der Waals surface area contributed by atoms with Gasteiger partial charge in [-0.05, 0) is 55.5 Å². The van der Waals surface area contributed by atoms with Crippen LogP contribution >= 0.6 is 0 Å². The van der Waals surface area contributed by atoms with Crippen LogP contribution in [0.2, 0.25) is 0 Å². The van der Waals surface area contributed by atoms with Crippen molar-refractivity contribution in [3.05, 3.63) is 0 Å². The molecule has 2 heteroatoms. The van der Waals surface area contributed by atoms with E-state index in [1.165, 1.54) is 45.2 Å². The second-order valence-electron chi connectivity index (χ2n) is 8.60. The molecular weight excluding hydrogens is 232 g/mol. The van der Waals surface area contributed by atoms with E-state index in [1.54, 1.807) is 0 Å². The molecule has 1 aliphatic heterocycles. The van der Waals surface area contributed by atoms with Gasteiger partial charge in [-0.2, -0.15) is 0 Å². The van der Waals surface area contributed by atoms with E-state index in [2.05, 4.69) is 39.5 Å². The van der Waals surface area contributed by atoms with Crippen molar-refractivity contribution in [3.63, 3.8) is 0 Å². The van der Waals surface area contributed by atoms with Crippen molar-refractivity contribution < 1.29 is 0 Å². The molecule has 2 nitrogen and oxygen atoms in total. The van der Waals surface area contributed by atoms with E-state index in [-0.39, 0.29) is 5.54 Å². The molecule has 0 spiro atoms. The van der Waals surface area contributed by atoms with Gasteiger partial charge in [0, 0.05) is 12.1 Å². The predicted octanol–water partition coefficient (Wildman–Crippen LogP) is 3.65. The summed E-state index contributed by atoms with van der Waals surface area (Å²) in [5, 5.41) is 0. The highest BCUT2D eigenvalue weighted by Crippen LogP contribution is 2.50. The molecule has 19 heavy (non-hydrogen) atoms. The van der Waals surface area contributed by atoms with Gasteiger partial charge in [0.2, 0.25) is 0 Å². The Morgan fingerprint density at radius 3 is 2.05 bits per heavy atom. The van der Waals surface area contributed by atoms with Crippen LogP contribution in [0.5, 0.6) is 0 Å². The fourth-order valence-corrected chi connectivity index (χ4v) is 4.66. The highest BCUT2D eigenvalue weighted by atomic mass is 15.2. The Morgan fingerprint density at radius 2 is 1.68 bits per heavy atom. The first-order valence-corrected chi connectivity index (χ1v) is 8.18. The number of nitrogens with two attached hydrogens (primary N) is 1. The van der Waals surface area contributed by atoms with Crippen LogP contribution in [0.4, 0.5) is 0 Å². The van der Waals surface area contributed by atoms with Crippen LogP contribution in [0, 0.1) is 16.7 Å². The summed E-state index contributed by atoms with van der Waals surface area (Å²) in [7, 11) is 0. The van der Waals surface area contributed by atoms with Gasteiger partial charge in [0.1, 0.15) is 0 Å². The number of likely N-dealkylation sites (tertiary alicyclic amines) is 1. The molecule has 0 aromatic carbocycles. The molecule has 1 saturated heterocycles. The highest BCUT2D eigenvalue weighted by Gasteiger charge is 2.52. The third kappa shape index (κ3) is 2.58. The first-order chi connectivity index (χ1) is 8.73. The summed E-state index contributed by atoms with van der Waals surface area (Å²) in [6.45, 7) is 15.4. The fraction of sp³-hybridized carbons (Fsp3) is 1.00. The number of piperidine rings is 1. The van der Waals surface area contributed by atoms with Crippen LogP contribution in [0.25, 0.3) is 0 Å². The van der Waals surface area contributed by atoms with Gasteiger partial charge in [0.05, 0.1) is 0 Å². The molecule has 0 bridgehead atoms. The van der Waals surface area contributed by atoms with Crippen molar-refractivity contribution in [2.45, 2.75) is 72.3 Å². The van der Waals surface area contributed by atoms with Crippen molar-refractivity contribution in [1.82, 2.24) is 4.90 Å². The van der Waals surface area contributed by atoms with Crippen LogP contribution in [0.15, 0.2) is 0 Å². The van der Waals surface area contributed by atoms with Crippen LogP contribution in [0.1, 0.15) is 66.7 Å². The molecule has 1 atom stereocenters. The Hall–Kier alpha value is -0.0800. The molecule has 0 aromatic rings. The Bertz CT molecular complexity index is 308. The lowest BCUT2D eigenvalue weighted by atomic mass is 9.70. The topological polar surface area (TPSA) is 29.3 Å². The van der Waals surface area contributed by atoms with Crippen LogP contribution in [0.3, 0.4) is 0 Å². The third-order valence-electron chi connectivity index (χ3n) is 6.31. The summed E-state index contributed by atoms with van der Waals surface area (Å²) >= 11 is 0. The lowest BCUT2D eigenvalue weighted by molar-refractivity contribution is -0.0231. The summed E-state index contributed by atoms with van der Waals surface area (Å²) in [4.78, 5) is 2.75. The smallest absolute Gasteiger partial charge is 0.0382 e. The molecule has 1 aliphatic carbocycles. The minimum atomic E-state index is 0.274. The lowest BCUT2D eigenvalue weighted by Crippen LogP contribution is -2.61. The van der Waals surface area contributed by atoms with Crippen LogP contribution in [-0.2, 0) is 0 Å². The number of nitrogens with zero attached hydrogens (tertiary/aromatic N) is 1. The zero-order chi connectivity index (χ0) is 14.3. The SMILES string of the molecule is CC(C)(C)C1CCN(C2(CN)CCCC2(C)C)CC1. The number of hydrogen-bond acceptors (Lipinski definition) is 2. The largest absolute Gasteiger partial charge is 0.329 e. The maximum absolute atomic E-state index is 6.25. The van der Waals surface area contributed by atoms with Gasteiger partial charge in [-0.15, -0.1) is 0 Å². The van der Waals surface area contributed by atoms with Crippen LogP contribution in [-0.4, -0.2) is 30.1 Å². The van der Waals surface area contributed by atoms with Crippen molar-refractivity contribution >= 4 is 0 Å². The summed E-state index contributed by atoms with van der Waals surface area (Å²) in [6.07, 6.45) is 6.69. The summed E-state index contributed by atoms with van der Waals surface area (Å²) in [5.74, 6) is 0.878. The lowest BCUT2D eigenvalue weighted by Gasteiger charge is -2.53. The van der Waals surface area contributed by atoms with E-state index >= 15 is 0 Å². The predicted molar refractivity (Wildman–Crippen MR) is 83.2 cm³/mol. The van der Waals surface area contributed by atoms with E-state index in [9.17, 15) is 0 Å². The van der Waals surface area contributed by atoms with Gasteiger partial charge in [-0.1, -0.05) is 41.0 Å². The standard InChI is InChI=1S/C17H34N2/c1-15(2,3)14-7-11-19(12-8-14)17(13-18)10-6-9-16(17,4)5/h14H,6-13,18H2,1-5H3. The first kappa shape index (κ1) is 15.3. The molecule has 0 aromatic heterocycles. The molecule has 2 rings (SSSR count). The number of hydrogen-bond donors (Lipinski definition) is 1. The van der Waals surface area contributed by atoms with Crippen LogP contribution < -0.4 is 5.73 Å². The quantitative estimate of drug-likeness (QED) is 0.826. The number of rotatable bonds is 2. The minimum absolute atomic E-state index is 0.274. The summed E-state index contributed by atoms with van der Waals surface area (Å²) < 4.78 is 0. The molecule has 1 heterocycles. The first-order valence-electron chi connectivity index (χ1n) is 8.18.